The molecule has 1 atom stereocenters. The van der Waals surface area contributed by atoms with Gasteiger partial charge in [-0.1, -0.05) is 35.4 Å². The van der Waals surface area contributed by atoms with E-state index in [1.807, 2.05) is 18.2 Å². The summed E-state index contributed by atoms with van der Waals surface area (Å²) in [7, 11) is 0. The van der Waals surface area contributed by atoms with Crippen molar-refractivity contribution >= 4 is 11.6 Å². The Balaban J connectivity index is 2.08. The van der Waals surface area contributed by atoms with Crippen molar-refractivity contribution in [1.29, 1.82) is 0 Å². The van der Waals surface area contributed by atoms with E-state index < -0.39 is 0 Å². The molecule has 1 aliphatic rings. The van der Waals surface area contributed by atoms with Crippen molar-refractivity contribution in [3.8, 4) is 0 Å². The zero-order valence-corrected chi connectivity index (χ0v) is 9.30. The van der Waals surface area contributed by atoms with Gasteiger partial charge < -0.3 is 11.1 Å². The highest BCUT2D eigenvalue weighted by atomic mass is 35.5. The number of nitrogens with two attached hydrogens (primary N) is 1. The molecule has 0 aromatic heterocycles. The van der Waals surface area contributed by atoms with Gasteiger partial charge in [0.2, 0.25) is 0 Å². The second-order valence-electron chi connectivity index (χ2n) is 3.93. The monoisotopic (exact) mass is 222 g/mol. The maximum atomic E-state index is 5.93. The Morgan fingerprint density at radius 3 is 3.07 bits per heavy atom. The van der Waals surface area contributed by atoms with Crippen molar-refractivity contribution in [2.45, 2.75) is 12.5 Å². The van der Waals surface area contributed by atoms with Gasteiger partial charge in [-0.05, 0) is 24.1 Å². The van der Waals surface area contributed by atoms with E-state index in [4.69, 9.17) is 17.3 Å². The molecule has 2 nitrogen and oxygen atoms in total. The van der Waals surface area contributed by atoms with Crippen molar-refractivity contribution in [2.24, 2.45) is 5.73 Å². The van der Waals surface area contributed by atoms with Crippen molar-refractivity contribution < 1.29 is 0 Å². The third kappa shape index (κ3) is 3.06. The Morgan fingerprint density at radius 1 is 1.47 bits per heavy atom. The lowest BCUT2D eigenvalue weighted by Gasteiger charge is -2.19. The van der Waals surface area contributed by atoms with Gasteiger partial charge in [-0.3, -0.25) is 0 Å². The predicted molar refractivity (Wildman–Crippen MR) is 64.1 cm³/mol. The van der Waals surface area contributed by atoms with Crippen LogP contribution in [0.15, 0.2) is 35.9 Å². The molecule has 1 unspecified atom stereocenters. The van der Waals surface area contributed by atoms with Crippen LogP contribution < -0.4 is 11.1 Å². The van der Waals surface area contributed by atoms with Gasteiger partial charge in [0.15, 0.2) is 0 Å². The van der Waals surface area contributed by atoms with Crippen LogP contribution >= 0.6 is 11.6 Å². The molecule has 0 bridgehead atoms. The molecule has 3 N–H and O–H groups in total. The quantitative estimate of drug-likeness (QED) is 0.749. The number of hydrogen-bond donors (Lipinski definition) is 2. The number of rotatable bonds is 2. The van der Waals surface area contributed by atoms with Crippen LogP contribution in [0.25, 0.3) is 0 Å². The summed E-state index contributed by atoms with van der Waals surface area (Å²) < 4.78 is 0. The summed E-state index contributed by atoms with van der Waals surface area (Å²) >= 11 is 5.93. The molecule has 80 valence electrons. The molecule has 15 heavy (non-hydrogen) atoms. The standard InChI is InChI=1S/C12H15ClN2/c13-11-3-1-2-9(5-11)4-10-6-12(14)8-15-7-10/h1-3,5-6,12,15H,4,7-8,14H2. The molecular formula is C12H15ClN2. The van der Waals surface area contributed by atoms with E-state index in [1.165, 1.54) is 11.1 Å². The van der Waals surface area contributed by atoms with E-state index in [-0.39, 0.29) is 6.04 Å². The van der Waals surface area contributed by atoms with E-state index in [9.17, 15) is 0 Å². The topological polar surface area (TPSA) is 38.0 Å². The van der Waals surface area contributed by atoms with Gasteiger partial charge in [-0.25, -0.2) is 0 Å². The highest BCUT2D eigenvalue weighted by Gasteiger charge is 2.09. The smallest absolute Gasteiger partial charge is 0.0408 e. The number of benzene rings is 1. The van der Waals surface area contributed by atoms with Crippen LogP contribution in [0.1, 0.15) is 5.56 Å². The molecule has 2 rings (SSSR count). The second kappa shape index (κ2) is 4.79. The van der Waals surface area contributed by atoms with Crippen LogP contribution in [0.3, 0.4) is 0 Å². The van der Waals surface area contributed by atoms with E-state index >= 15 is 0 Å². The number of halogens is 1. The van der Waals surface area contributed by atoms with E-state index in [0.717, 1.165) is 24.5 Å². The molecule has 0 radical (unpaired) electrons. The van der Waals surface area contributed by atoms with Crippen LogP contribution in [0.5, 0.6) is 0 Å². The van der Waals surface area contributed by atoms with Crippen molar-refractivity contribution in [3.05, 3.63) is 46.5 Å². The summed E-state index contributed by atoms with van der Waals surface area (Å²) in [6.45, 7) is 1.80. The van der Waals surface area contributed by atoms with Gasteiger partial charge in [0.05, 0.1) is 0 Å². The van der Waals surface area contributed by atoms with Gasteiger partial charge >= 0.3 is 0 Å². The van der Waals surface area contributed by atoms with Crippen molar-refractivity contribution in [1.82, 2.24) is 5.32 Å². The third-order valence-electron chi connectivity index (χ3n) is 2.50. The SMILES string of the molecule is NC1C=C(Cc2cccc(Cl)c2)CNC1. The first-order valence-corrected chi connectivity index (χ1v) is 5.52. The number of hydrogen-bond acceptors (Lipinski definition) is 2. The van der Waals surface area contributed by atoms with Crippen molar-refractivity contribution in [2.75, 3.05) is 13.1 Å². The zero-order valence-electron chi connectivity index (χ0n) is 8.54. The van der Waals surface area contributed by atoms with Gasteiger partial charge in [0.25, 0.3) is 0 Å². The average Bonchev–Trinajstić information content (AvgIpc) is 2.17. The Labute approximate surface area is 95.1 Å². The molecule has 0 amide bonds. The molecule has 1 heterocycles. The minimum atomic E-state index is 0.146. The molecule has 1 aromatic carbocycles. The first-order valence-electron chi connectivity index (χ1n) is 5.14. The summed E-state index contributed by atoms with van der Waals surface area (Å²) in [6, 6.07) is 8.11. The minimum absolute atomic E-state index is 0.146. The third-order valence-corrected chi connectivity index (χ3v) is 2.74. The lowest BCUT2D eigenvalue weighted by atomic mass is 10.0. The lowest BCUT2D eigenvalue weighted by Crippen LogP contribution is -2.38. The molecular weight excluding hydrogens is 208 g/mol. The summed E-state index contributed by atoms with van der Waals surface area (Å²) in [4.78, 5) is 0. The fraction of sp³-hybridized carbons (Fsp3) is 0.333. The molecule has 1 aromatic rings. The molecule has 0 spiro atoms. The average molecular weight is 223 g/mol. The zero-order chi connectivity index (χ0) is 10.7. The minimum Gasteiger partial charge on any atom is -0.323 e. The van der Waals surface area contributed by atoms with Gasteiger partial charge in [0, 0.05) is 24.2 Å². The van der Waals surface area contributed by atoms with Crippen LogP contribution in [0.2, 0.25) is 5.02 Å². The van der Waals surface area contributed by atoms with E-state index in [1.54, 1.807) is 0 Å². The Bertz CT molecular complexity index is 374. The fourth-order valence-electron chi connectivity index (χ4n) is 1.85. The highest BCUT2D eigenvalue weighted by Crippen LogP contribution is 2.15. The first-order chi connectivity index (χ1) is 7.24. The van der Waals surface area contributed by atoms with Crippen molar-refractivity contribution in [3.63, 3.8) is 0 Å². The lowest BCUT2D eigenvalue weighted by molar-refractivity contribution is 0.627. The Kier molecular flexibility index (Phi) is 3.41. The Morgan fingerprint density at radius 2 is 2.33 bits per heavy atom. The maximum absolute atomic E-state index is 5.93. The highest BCUT2D eigenvalue weighted by molar-refractivity contribution is 6.30. The Hall–Kier alpha value is -0.830. The largest absolute Gasteiger partial charge is 0.323 e. The normalized spacial score (nSPS) is 21.2. The van der Waals surface area contributed by atoms with Gasteiger partial charge in [0.1, 0.15) is 0 Å². The first kappa shape index (κ1) is 10.7. The molecule has 0 aliphatic carbocycles. The summed E-state index contributed by atoms with van der Waals surface area (Å²) in [6.07, 6.45) is 3.08. The van der Waals surface area contributed by atoms with Crippen LogP contribution in [0, 0.1) is 0 Å². The van der Waals surface area contributed by atoms with E-state index in [0.29, 0.717) is 0 Å². The number of nitrogens with one attached hydrogen (secondary N) is 1. The molecule has 0 fully saturated rings. The van der Waals surface area contributed by atoms with Crippen LogP contribution in [0.4, 0.5) is 0 Å². The molecule has 3 heteroatoms. The molecule has 0 saturated carbocycles. The van der Waals surface area contributed by atoms with Gasteiger partial charge in [-0.15, -0.1) is 0 Å². The summed E-state index contributed by atoms with van der Waals surface area (Å²) in [5, 5.41) is 4.09. The van der Waals surface area contributed by atoms with Crippen LogP contribution in [-0.4, -0.2) is 19.1 Å². The van der Waals surface area contributed by atoms with Crippen LogP contribution in [-0.2, 0) is 6.42 Å². The maximum Gasteiger partial charge on any atom is 0.0408 e. The predicted octanol–water partition coefficient (Wildman–Crippen LogP) is 1.74. The van der Waals surface area contributed by atoms with E-state index in [2.05, 4.69) is 17.5 Å². The molecule has 0 saturated heterocycles. The molecule has 1 aliphatic heterocycles. The van der Waals surface area contributed by atoms with Gasteiger partial charge in [-0.2, -0.15) is 0 Å². The second-order valence-corrected chi connectivity index (χ2v) is 4.36. The summed E-state index contributed by atoms with van der Waals surface area (Å²) in [5.74, 6) is 0. The fourth-order valence-corrected chi connectivity index (χ4v) is 2.06. The summed E-state index contributed by atoms with van der Waals surface area (Å²) in [5.41, 5.74) is 8.43.